The zero-order chi connectivity index (χ0) is 19.3. The van der Waals surface area contributed by atoms with E-state index in [1.165, 1.54) is 40.3 Å². The molecule has 0 aliphatic carbocycles. The predicted molar refractivity (Wildman–Crippen MR) is 120 cm³/mol. The van der Waals surface area contributed by atoms with Crippen LogP contribution in [0.1, 0.15) is 36.6 Å². The van der Waals surface area contributed by atoms with Crippen molar-refractivity contribution in [2.24, 2.45) is 0 Å². The first kappa shape index (κ1) is 19.6. The zero-order valence-electron chi connectivity index (χ0n) is 15.4. The van der Waals surface area contributed by atoms with E-state index in [4.69, 9.17) is 4.74 Å². The number of hydrogen-bond donors (Lipinski definition) is 1. The molecule has 1 unspecified atom stereocenters. The lowest BCUT2D eigenvalue weighted by Gasteiger charge is -2.23. The van der Waals surface area contributed by atoms with E-state index < -0.39 is 0 Å². The first-order chi connectivity index (χ1) is 13.8. The molecule has 1 fully saturated rings. The smallest absolute Gasteiger partial charge is 0.150 e. The summed E-state index contributed by atoms with van der Waals surface area (Å²) in [5.74, 6) is 0. The van der Waals surface area contributed by atoms with Crippen LogP contribution >= 0.6 is 31.9 Å². The van der Waals surface area contributed by atoms with Gasteiger partial charge in [-0.15, -0.1) is 0 Å². The van der Waals surface area contributed by atoms with Gasteiger partial charge in [-0.05, 0) is 42.5 Å². The van der Waals surface area contributed by atoms with Crippen LogP contribution in [0.3, 0.4) is 0 Å². The fourth-order valence-electron chi connectivity index (χ4n) is 3.54. The number of alkyl halides is 2. The van der Waals surface area contributed by atoms with E-state index in [2.05, 4.69) is 71.4 Å². The maximum atomic E-state index is 5.79. The minimum atomic E-state index is 0.117. The Hall–Kier alpha value is -1.70. The molecular weight excluding hydrogens is 484 g/mol. The van der Waals surface area contributed by atoms with E-state index >= 15 is 0 Å². The molecule has 5 nitrogen and oxygen atoms in total. The molecule has 1 aliphatic rings. The number of hydrogen-bond acceptors (Lipinski definition) is 3. The van der Waals surface area contributed by atoms with Crippen molar-refractivity contribution in [1.82, 2.24) is 20.0 Å². The summed E-state index contributed by atoms with van der Waals surface area (Å²) in [6.45, 7) is 0.851. The van der Waals surface area contributed by atoms with Gasteiger partial charge in [-0.25, -0.2) is 4.68 Å². The third-order valence-electron chi connectivity index (χ3n) is 5.02. The third-order valence-corrected chi connectivity index (χ3v) is 6.23. The molecule has 0 spiro atoms. The van der Waals surface area contributed by atoms with Crippen LogP contribution in [0.5, 0.6) is 0 Å². The number of rotatable bonds is 3. The quantitative estimate of drug-likeness (QED) is 0.343. The number of fused-ring (bicyclic) bond motifs is 2. The van der Waals surface area contributed by atoms with E-state index in [9.17, 15) is 0 Å². The van der Waals surface area contributed by atoms with Crippen molar-refractivity contribution in [1.29, 1.82) is 0 Å². The first-order valence-corrected chi connectivity index (χ1v) is 11.7. The van der Waals surface area contributed by atoms with Gasteiger partial charge in [-0.1, -0.05) is 56.1 Å². The molecule has 1 saturated heterocycles. The molecule has 5 rings (SSSR count). The first-order valence-electron chi connectivity index (χ1n) is 9.41. The molecule has 3 heterocycles. The number of aromatic nitrogens is 4. The summed E-state index contributed by atoms with van der Waals surface area (Å²) in [5, 5.41) is 15.5. The fraction of sp³-hybridized carbons (Fsp3) is 0.333. The van der Waals surface area contributed by atoms with Gasteiger partial charge in [0.25, 0.3) is 0 Å². The van der Waals surface area contributed by atoms with Crippen molar-refractivity contribution >= 4 is 53.7 Å². The van der Waals surface area contributed by atoms with E-state index in [1.807, 2.05) is 29.2 Å². The van der Waals surface area contributed by atoms with Crippen molar-refractivity contribution in [3.63, 3.8) is 0 Å². The third kappa shape index (κ3) is 4.02. The Labute approximate surface area is 180 Å². The van der Waals surface area contributed by atoms with Crippen molar-refractivity contribution < 1.29 is 4.74 Å². The maximum Gasteiger partial charge on any atom is 0.150 e. The Balaban J connectivity index is 0.000000151. The summed E-state index contributed by atoms with van der Waals surface area (Å²) >= 11 is 6.94. The Bertz CT molecular complexity index is 1050. The Morgan fingerprint density at radius 2 is 1.79 bits per heavy atom. The largest absolute Gasteiger partial charge is 0.356 e. The van der Waals surface area contributed by atoms with E-state index in [0.717, 1.165) is 29.2 Å². The van der Waals surface area contributed by atoms with Gasteiger partial charge in [-0.3, -0.25) is 5.10 Å². The lowest BCUT2D eigenvalue weighted by Crippen LogP contribution is -2.18. The highest BCUT2D eigenvalue weighted by Gasteiger charge is 2.18. The van der Waals surface area contributed by atoms with Gasteiger partial charge in [0, 0.05) is 28.0 Å². The average molecular weight is 506 g/mol. The van der Waals surface area contributed by atoms with Gasteiger partial charge in [0.05, 0.1) is 23.4 Å². The van der Waals surface area contributed by atoms with Gasteiger partial charge in [0.15, 0.2) is 6.23 Å². The lowest BCUT2D eigenvalue weighted by atomic mass is 10.1. The molecule has 0 saturated carbocycles. The lowest BCUT2D eigenvalue weighted by molar-refractivity contribution is -0.0366. The van der Waals surface area contributed by atoms with Crippen molar-refractivity contribution in [3.8, 4) is 0 Å². The number of halogens is 2. The van der Waals surface area contributed by atoms with Crippen LogP contribution in [-0.4, -0.2) is 26.6 Å². The number of nitrogens with one attached hydrogen (secondary N) is 1. The minimum Gasteiger partial charge on any atom is -0.356 e. The molecule has 1 aliphatic heterocycles. The summed E-state index contributed by atoms with van der Waals surface area (Å²) in [5.41, 5.74) is 4.83. The second kappa shape index (κ2) is 9.20. The van der Waals surface area contributed by atoms with Crippen molar-refractivity contribution in [3.05, 3.63) is 59.9 Å². The van der Waals surface area contributed by atoms with Crippen LogP contribution in [0.15, 0.2) is 48.8 Å². The van der Waals surface area contributed by atoms with Gasteiger partial charge < -0.3 is 4.74 Å². The van der Waals surface area contributed by atoms with Crippen LogP contribution < -0.4 is 0 Å². The number of H-pyrrole nitrogens is 1. The van der Waals surface area contributed by atoms with Crippen LogP contribution in [0.25, 0.3) is 21.8 Å². The van der Waals surface area contributed by atoms with Crippen molar-refractivity contribution in [2.75, 3.05) is 6.61 Å². The van der Waals surface area contributed by atoms with Crippen LogP contribution in [-0.2, 0) is 15.4 Å². The normalized spacial score (nSPS) is 16.9. The van der Waals surface area contributed by atoms with Gasteiger partial charge in [0.1, 0.15) is 0 Å². The monoisotopic (exact) mass is 504 g/mol. The number of benzene rings is 2. The highest BCUT2D eigenvalue weighted by Crippen LogP contribution is 2.28. The molecule has 1 atom stereocenters. The summed E-state index contributed by atoms with van der Waals surface area (Å²) < 4.78 is 7.82. The topological polar surface area (TPSA) is 55.7 Å². The molecule has 2 aromatic carbocycles. The zero-order valence-corrected chi connectivity index (χ0v) is 18.6. The molecule has 146 valence electrons. The summed E-state index contributed by atoms with van der Waals surface area (Å²) in [6.07, 6.45) is 7.38. The number of nitrogens with zero attached hydrogens (tertiary/aromatic N) is 3. The molecule has 1 N–H and O–H groups in total. The molecule has 4 aromatic rings. The Morgan fingerprint density at radius 1 is 1.00 bits per heavy atom. The van der Waals surface area contributed by atoms with Crippen molar-refractivity contribution in [2.45, 2.75) is 36.2 Å². The highest BCUT2D eigenvalue weighted by atomic mass is 79.9. The van der Waals surface area contributed by atoms with Crippen LogP contribution in [0.2, 0.25) is 0 Å². The van der Waals surface area contributed by atoms with Gasteiger partial charge >= 0.3 is 0 Å². The Kier molecular flexibility index (Phi) is 6.44. The molecular formula is C21H22Br2N4O. The number of ether oxygens (including phenoxy) is 1. The predicted octanol–water partition coefficient (Wildman–Crippen LogP) is 6.09. The standard InChI is InChI=1S/C13H15BrN2O.C8H7BrN2/c14-8-10-4-3-5-12-11(10)9-15-16(12)13-6-1-2-7-17-13;9-4-6-2-1-3-8-7(6)5-10-11-8/h3-5,9,13H,1-2,6-8H2;1-3,5H,4H2,(H,10,11). The second-order valence-corrected chi connectivity index (χ2v) is 7.90. The summed E-state index contributed by atoms with van der Waals surface area (Å²) in [4.78, 5) is 0. The molecule has 0 radical (unpaired) electrons. The Morgan fingerprint density at radius 3 is 2.54 bits per heavy atom. The molecule has 7 heteroatoms. The number of aromatic amines is 1. The molecule has 0 amide bonds. The minimum absolute atomic E-state index is 0.117. The van der Waals surface area contributed by atoms with Gasteiger partial charge in [-0.2, -0.15) is 10.2 Å². The molecule has 2 aromatic heterocycles. The highest BCUT2D eigenvalue weighted by molar-refractivity contribution is 9.08. The molecule has 0 bridgehead atoms. The van der Waals surface area contributed by atoms with E-state index in [1.54, 1.807) is 0 Å². The SMILES string of the molecule is BrCc1cccc2[nH]ncc12.BrCc1cccc2c1cnn2C1CCCCO1. The fourth-order valence-corrected chi connectivity index (χ4v) is 4.52. The average Bonchev–Trinajstić information content (AvgIpc) is 3.41. The summed E-state index contributed by atoms with van der Waals surface area (Å²) in [7, 11) is 0. The second-order valence-electron chi connectivity index (χ2n) is 6.78. The summed E-state index contributed by atoms with van der Waals surface area (Å²) in [6, 6.07) is 12.5. The molecule has 28 heavy (non-hydrogen) atoms. The van der Waals surface area contributed by atoms with E-state index in [-0.39, 0.29) is 6.23 Å². The van der Waals surface area contributed by atoms with E-state index in [0.29, 0.717) is 0 Å². The van der Waals surface area contributed by atoms with Crippen LogP contribution in [0.4, 0.5) is 0 Å². The maximum absolute atomic E-state index is 5.79. The van der Waals surface area contributed by atoms with Crippen LogP contribution in [0, 0.1) is 0 Å². The van der Waals surface area contributed by atoms with Gasteiger partial charge in [0.2, 0.25) is 0 Å².